The molecule has 4 nitrogen and oxygen atoms in total. The van der Waals surface area contributed by atoms with Crippen molar-refractivity contribution < 1.29 is 9.90 Å². The Balaban J connectivity index is 1.94. The summed E-state index contributed by atoms with van der Waals surface area (Å²) in [7, 11) is 0. The Kier molecular flexibility index (Phi) is 5.22. The van der Waals surface area contributed by atoms with E-state index in [4.69, 9.17) is 0 Å². The Bertz CT molecular complexity index is 627. The van der Waals surface area contributed by atoms with Crippen LogP contribution < -0.4 is 10.6 Å². The first-order valence-electron chi connectivity index (χ1n) is 6.69. The number of rotatable bonds is 5. The average molecular weight is 349 g/mol. The molecular weight excluding hydrogens is 332 g/mol. The number of hydrogen-bond donors (Lipinski definition) is 3. The van der Waals surface area contributed by atoms with Crippen molar-refractivity contribution in [2.45, 2.75) is 19.9 Å². The molecule has 5 heteroatoms. The van der Waals surface area contributed by atoms with Crippen molar-refractivity contribution >= 4 is 33.2 Å². The molecule has 0 unspecified atom stereocenters. The van der Waals surface area contributed by atoms with Gasteiger partial charge in [0.15, 0.2) is 0 Å². The van der Waals surface area contributed by atoms with E-state index in [-0.39, 0.29) is 11.7 Å². The van der Waals surface area contributed by atoms with Crippen LogP contribution in [0.25, 0.3) is 0 Å². The van der Waals surface area contributed by atoms with Gasteiger partial charge in [0.05, 0.1) is 4.47 Å². The smallest absolute Gasteiger partial charge is 0.224 e. The predicted molar refractivity (Wildman–Crippen MR) is 88.5 cm³/mol. The number of hydrogen-bond acceptors (Lipinski definition) is 3. The SMILES string of the molecule is CCC(=O)Nc1ccc(NCc2ccc(O)c(Br)c2)cc1. The highest BCUT2D eigenvalue weighted by Gasteiger charge is 2.01. The largest absolute Gasteiger partial charge is 0.507 e. The Morgan fingerprint density at radius 1 is 1.14 bits per heavy atom. The maximum Gasteiger partial charge on any atom is 0.224 e. The van der Waals surface area contributed by atoms with Gasteiger partial charge in [-0.3, -0.25) is 4.79 Å². The van der Waals surface area contributed by atoms with Crippen LogP contribution in [-0.4, -0.2) is 11.0 Å². The molecule has 0 fully saturated rings. The Hall–Kier alpha value is -2.01. The van der Waals surface area contributed by atoms with Gasteiger partial charge in [-0.25, -0.2) is 0 Å². The molecule has 2 aromatic carbocycles. The third kappa shape index (κ3) is 4.49. The summed E-state index contributed by atoms with van der Waals surface area (Å²) >= 11 is 3.29. The van der Waals surface area contributed by atoms with Crippen LogP contribution in [0.2, 0.25) is 0 Å². The number of benzene rings is 2. The van der Waals surface area contributed by atoms with E-state index < -0.39 is 0 Å². The summed E-state index contributed by atoms with van der Waals surface area (Å²) in [5, 5.41) is 15.5. The monoisotopic (exact) mass is 348 g/mol. The standard InChI is InChI=1S/C16H17BrN2O2/c1-2-16(21)19-13-6-4-12(5-7-13)18-10-11-3-8-15(20)14(17)9-11/h3-9,18,20H,2,10H2,1H3,(H,19,21). The van der Waals surface area contributed by atoms with Gasteiger partial charge in [0.1, 0.15) is 5.75 Å². The highest BCUT2D eigenvalue weighted by molar-refractivity contribution is 9.10. The van der Waals surface area contributed by atoms with Gasteiger partial charge in [0.2, 0.25) is 5.91 Å². The minimum absolute atomic E-state index is 0.00431. The number of anilines is 2. The quantitative estimate of drug-likeness (QED) is 0.761. The van der Waals surface area contributed by atoms with Gasteiger partial charge in [-0.2, -0.15) is 0 Å². The van der Waals surface area contributed by atoms with E-state index in [0.717, 1.165) is 16.9 Å². The topological polar surface area (TPSA) is 61.4 Å². The fourth-order valence-electron chi connectivity index (χ4n) is 1.79. The number of aromatic hydroxyl groups is 1. The normalized spacial score (nSPS) is 10.2. The molecule has 0 aromatic heterocycles. The first kappa shape index (κ1) is 15.4. The molecule has 0 heterocycles. The first-order valence-corrected chi connectivity index (χ1v) is 7.49. The second-order valence-electron chi connectivity index (χ2n) is 4.62. The zero-order valence-corrected chi connectivity index (χ0v) is 13.3. The number of amides is 1. The molecule has 2 aromatic rings. The summed E-state index contributed by atoms with van der Waals surface area (Å²) in [6.45, 7) is 2.47. The lowest BCUT2D eigenvalue weighted by molar-refractivity contribution is -0.115. The molecule has 0 atom stereocenters. The van der Waals surface area contributed by atoms with Crippen LogP contribution in [-0.2, 0) is 11.3 Å². The molecule has 110 valence electrons. The lowest BCUT2D eigenvalue weighted by Gasteiger charge is -2.09. The minimum Gasteiger partial charge on any atom is -0.507 e. The van der Waals surface area contributed by atoms with Crippen LogP contribution in [0.1, 0.15) is 18.9 Å². The summed E-state index contributed by atoms with van der Waals surface area (Å²) in [5.74, 6) is 0.236. The highest BCUT2D eigenvalue weighted by atomic mass is 79.9. The van der Waals surface area contributed by atoms with E-state index in [1.807, 2.05) is 43.3 Å². The lowest BCUT2D eigenvalue weighted by atomic mass is 10.2. The van der Waals surface area contributed by atoms with Gasteiger partial charge in [0, 0.05) is 24.3 Å². The molecule has 3 N–H and O–H groups in total. The summed E-state index contributed by atoms with van der Waals surface area (Å²) in [4.78, 5) is 11.3. The second kappa shape index (κ2) is 7.13. The highest BCUT2D eigenvalue weighted by Crippen LogP contribution is 2.24. The maximum atomic E-state index is 11.3. The van der Waals surface area contributed by atoms with Gasteiger partial charge in [-0.1, -0.05) is 13.0 Å². The van der Waals surface area contributed by atoms with Crippen LogP contribution >= 0.6 is 15.9 Å². The van der Waals surface area contributed by atoms with Crippen molar-refractivity contribution in [3.63, 3.8) is 0 Å². The fourth-order valence-corrected chi connectivity index (χ4v) is 2.21. The maximum absolute atomic E-state index is 11.3. The zero-order chi connectivity index (χ0) is 15.2. The van der Waals surface area contributed by atoms with Crippen LogP contribution in [0.15, 0.2) is 46.9 Å². The predicted octanol–water partition coefficient (Wildman–Crippen LogP) is 4.12. The summed E-state index contributed by atoms with van der Waals surface area (Å²) in [5.41, 5.74) is 2.82. The van der Waals surface area contributed by atoms with E-state index in [1.165, 1.54) is 0 Å². The van der Waals surface area contributed by atoms with Gasteiger partial charge < -0.3 is 15.7 Å². The third-order valence-electron chi connectivity index (χ3n) is 3.00. The molecule has 21 heavy (non-hydrogen) atoms. The van der Waals surface area contributed by atoms with E-state index in [9.17, 15) is 9.90 Å². The molecule has 0 radical (unpaired) electrons. The summed E-state index contributed by atoms with van der Waals surface area (Å²) in [6, 6.07) is 13.0. The summed E-state index contributed by atoms with van der Waals surface area (Å²) in [6.07, 6.45) is 0.468. The zero-order valence-electron chi connectivity index (χ0n) is 11.7. The average Bonchev–Trinajstić information content (AvgIpc) is 2.50. The molecule has 0 saturated carbocycles. The van der Waals surface area contributed by atoms with E-state index in [0.29, 0.717) is 17.4 Å². The number of carbonyl (C=O) groups is 1. The number of nitrogens with one attached hydrogen (secondary N) is 2. The van der Waals surface area contributed by atoms with Crippen LogP contribution in [0.5, 0.6) is 5.75 Å². The molecular formula is C16H17BrN2O2. The van der Waals surface area contributed by atoms with Crippen LogP contribution in [0.4, 0.5) is 11.4 Å². The molecule has 0 aliphatic heterocycles. The Morgan fingerprint density at radius 3 is 2.43 bits per heavy atom. The minimum atomic E-state index is 0.00431. The molecule has 0 bridgehead atoms. The van der Waals surface area contributed by atoms with Crippen molar-refractivity contribution in [2.75, 3.05) is 10.6 Å². The van der Waals surface area contributed by atoms with E-state index >= 15 is 0 Å². The van der Waals surface area contributed by atoms with E-state index in [1.54, 1.807) is 6.07 Å². The van der Waals surface area contributed by atoms with Crippen molar-refractivity contribution in [2.24, 2.45) is 0 Å². The van der Waals surface area contributed by atoms with Crippen molar-refractivity contribution in [1.29, 1.82) is 0 Å². The number of phenols is 1. The molecule has 0 aliphatic rings. The molecule has 1 amide bonds. The fraction of sp³-hybridized carbons (Fsp3) is 0.188. The van der Waals surface area contributed by atoms with Crippen molar-refractivity contribution in [1.82, 2.24) is 0 Å². The summed E-state index contributed by atoms with van der Waals surface area (Å²) < 4.78 is 0.680. The van der Waals surface area contributed by atoms with E-state index in [2.05, 4.69) is 26.6 Å². The third-order valence-corrected chi connectivity index (χ3v) is 3.63. The molecule has 0 saturated heterocycles. The van der Waals surface area contributed by atoms with Gasteiger partial charge in [0.25, 0.3) is 0 Å². The number of carbonyl (C=O) groups excluding carboxylic acids is 1. The molecule has 0 aliphatic carbocycles. The Morgan fingerprint density at radius 2 is 1.81 bits per heavy atom. The van der Waals surface area contributed by atoms with Crippen LogP contribution in [0.3, 0.4) is 0 Å². The van der Waals surface area contributed by atoms with Gasteiger partial charge in [-0.05, 0) is 57.9 Å². The number of phenolic OH excluding ortho intramolecular Hbond substituents is 1. The van der Waals surface area contributed by atoms with Crippen molar-refractivity contribution in [3.8, 4) is 5.75 Å². The van der Waals surface area contributed by atoms with Gasteiger partial charge >= 0.3 is 0 Å². The van der Waals surface area contributed by atoms with Gasteiger partial charge in [-0.15, -0.1) is 0 Å². The lowest BCUT2D eigenvalue weighted by Crippen LogP contribution is -2.09. The second-order valence-corrected chi connectivity index (χ2v) is 5.47. The van der Waals surface area contributed by atoms with Crippen LogP contribution in [0, 0.1) is 0 Å². The van der Waals surface area contributed by atoms with Crippen molar-refractivity contribution in [3.05, 3.63) is 52.5 Å². The first-order chi connectivity index (χ1) is 10.1. The number of halogens is 1. The Labute approximate surface area is 132 Å². The molecule has 2 rings (SSSR count). The molecule has 0 spiro atoms.